The molecule has 0 atom stereocenters. The van der Waals surface area contributed by atoms with Crippen LogP contribution in [-0.4, -0.2) is 22.7 Å². The molecule has 0 saturated heterocycles. The van der Waals surface area contributed by atoms with E-state index < -0.39 is 0 Å². The van der Waals surface area contributed by atoms with Gasteiger partial charge in [-0.15, -0.1) is 0 Å². The quantitative estimate of drug-likeness (QED) is 0.786. The van der Waals surface area contributed by atoms with Gasteiger partial charge in [0.1, 0.15) is 5.75 Å². The fourth-order valence-electron chi connectivity index (χ4n) is 1.97. The molecule has 6 heteroatoms. The number of carbonyl (C=O) groups excluding carboxylic acids is 1. The Morgan fingerprint density at radius 3 is 2.70 bits per heavy atom. The van der Waals surface area contributed by atoms with Gasteiger partial charge in [0.15, 0.2) is 5.78 Å². The number of Topliss-reactive ketones (excluding diaryl/α,β-unsaturated/α-hetero) is 1. The molecule has 20 heavy (non-hydrogen) atoms. The molecule has 0 aliphatic rings. The first-order valence-electron chi connectivity index (χ1n) is 5.98. The average Bonchev–Trinajstić information content (AvgIpc) is 2.65. The topological polar surface area (TPSA) is 44.1 Å². The van der Waals surface area contributed by atoms with Gasteiger partial charge in [-0.2, -0.15) is 5.10 Å². The van der Waals surface area contributed by atoms with E-state index in [1.54, 1.807) is 37.0 Å². The van der Waals surface area contributed by atoms with Crippen LogP contribution in [0.4, 0.5) is 0 Å². The molecule has 0 N–H and O–H groups in total. The molecule has 1 aromatic heterocycles. The molecule has 2 rings (SSSR count). The van der Waals surface area contributed by atoms with E-state index >= 15 is 0 Å². The molecule has 4 nitrogen and oxygen atoms in total. The number of ether oxygens (including phenoxy) is 1. The number of aryl methyl sites for hydroxylation is 2. The molecule has 0 fully saturated rings. The maximum atomic E-state index is 12.3. The molecule has 0 unspecified atom stereocenters. The summed E-state index contributed by atoms with van der Waals surface area (Å²) in [5, 5.41) is 4.75. The van der Waals surface area contributed by atoms with Crippen molar-refractivity contribution in [1.82, 2.24) is 9.78 Å². The van der Waals surface area contributed by atoms with Gasteiger partial charge in [0, 0.05) is 12.6 Å². The van der Waals surface area contributed by atoms with E-state index in [9.17, 15) is 4.79 Å². The molecule has 2 aromatic rings. The minimum atomic E-state index is -0.0155. The fourth-order valence-corrected chi connectivity index (χ4v) is 2.73. The van der Waals surface area contributed by atoms with Crippen LogP contribution in [0.1, 0.15) is 21.7 Å². The van der Waals surface area contributed by atoms with E-state index in [1.807, 2.05) is 6.92 Å². The van der Waals surface area contributed by atoms with Crippen LogP contribution in [0.2, 0.25) is 5.02 Å². The molecule has 0 aliphatic carbocycles. The van der Waals surface area contributed by atoms with E-state index in [4.69, 9.17) is 16.3 Å². The van der Waals surface area contributed by atoms with Crippen LogP contribution < -0.4 is 4.74 Å². The van der Waals surface area contributed by atoms with Crippen LogP contribution in [0, 0.1) is 6.92 Å². The van der Waals surface area contributed by atoms with Crippen molar-refractivity contribution in [2.45, 2.75) is 13.3 Å². The van der Waals surface area contributed by atoms with E-state index in [2.05, 4.69) is 21.0 Å². The Morgan fingerprint density at radius 1 is 1.50 bits per heavy atom. The van der Waals surface area contributed by atoms with E-state index in [-0.39, 0.29) is 12.2 Å². The zero-order chi connectivity index (χ0) is 14.9. The lowest BCUT2D eigenvalue weighted by molar-refractivity contribution is 0.0990. The van der Waals surface area contributed by atoms with Crippen LogP contribution in [0.25, 0.3) is 0 Å². The van der Waals surface area contributed by atoms with Crippen molar-refractivity contribution >= 4 is 33.3 Å². The second kappa shape index (κ2) is 5.97. The highest BCUT2D eigenvalue weighted by Gasteiger charge is 2.16. The lowest BCUT2D eigenvalue weighted by Gasteiger charge is -2.06. The van der Waals surface area contributed by atoms with Crippen molar-refractivity contribution in [2.75, 3.05) is 7.11 Å². The van der Waals surface area contributed by atoms with Crippen molar-refractivity contribution < 1.29 is 9.53 Å². The summed E-state index contributed by atoms with van der Waals surface area (Å²) in [6.07, 6.45) is 0.217. The molecule has 0 saturated carbocycles. The van der Waals surface area contributed by atoms with Crippen LogP contribution in [-0.2, 0) is 13.5 Å². The first kappa shape index (κ1) is 15.1. The smallest absolute Gasteiger partial charge is 0.168 e. The zero-order valence-electron chi connectivity index (χ0n) is 11.4. The molecule has 0 aliphatic heterocycles. The molecule has 0 bridgehead atoms. The van der Waals surface area contributed by atoms with Gasteiger partial charge < -0.3 is 4.74 Å². The number of methoxy groups -OCH3 is 1. The van der Waals surface area contributed by atoms with Gasteiger partial charge in [-0.25, -0.2) is 0 Å². The molecular formula is C14H14BrClN2O2. The predicted molar refractivity (Wildman–Crippen MR) is 81.7 cm³/mol. The summed E-state index contributed by atoms with van der Waals surface area (Å²) in [4.78, 5) is 12.3. The zero-order valence-corrected chi connectivity index (χ0v) is 13.7. The summed E-state index contributed by atoms with van der Waals surface area (Å²) in [6, 6.07) is 5.24. The lowest BCUT2D eigenvalue weighted by atomic mass is 10.1. The van der Waals surface area contributed by atoms with Crippen molar-refractivity contribution in [3.8, 4) is 5.75 Å². The van der Waals surface area contributed by atoms with Gasteiger partial charge in [-0.1, -0.05) is 11.6 Å². The monoisotopic (exact) mass is 356 g/mol. The first-order valence-corrected chi connectivity index (χ1v) is 7.15. The maximum Gasteiger partial charge on any atom is 0.168 e. The molecule has 106 valence electrons. The van der Waals surface area contributed by atoms with Gasteiger partial charge in [0.25, 0.3) is 0 Å². The van der Waals surface area contributed by atoms with E-state index in [0.717, 1.165) is 15.9 Å². The van der Waals surface area contributed by atoms with Crippen molar-refractivity contribution in [2.24, 2.45) is 7.05 Å². The van der Waals surface area contributed by atoms with Crippen LogP contribution >= 0.6 is 27.5 Å². The fraction of sp³-hybridized carbons (Fsp3) is 0.286. The van der Waals surface area contributed by atoms with Gasteiger partial charge in [-0.05, 0) is 41.1 Å². The number of halogens is 2. The second-order valence-electron chi connectivity index (χ2n) is 4.42. The maximum absolute atomic E-state index is 12.3. The van der Waals surface area contributed by atoms with E-state index in [0.29, 0.717) is 16.3 Å². The van der Waals surface area contributed by atoms with Crippen molar-refractivity contribution in [3.63, 3.8) is 0 Å². The Labute approximate surface area is 130 Å². The minimum Gasteiger partial charge on any atom is -0.496 e. The van der Waals surface area contributed by atoms with Gasteiger partial charge in [0.2, 0.25) is 0 Å². The molecule has 1 aromatic carbocycles. The predicted octanol–water partition coefficient (Wildman–Crippen LogP) is 3.58. The van der Waals surface area contributed by atoms with Gasteiger partial charge in [-0.3, -0.25) is 9.48 Å². The summed E-state index contributed by atoms with van der Waals surface area (Å²) >= 11 is 9.53. The third kappa shape index (κ3) is 2.88. The highest BCUT2D eigenvalue weighted by atomic mass is 79.9. The lowest BCUT2D eigenvalue weighted by Crippen LogP contribution is -2.08. The summed E-state index contributed by atoms with van der Waals surface area (Å²) in [5.74, 6) is 0.675. The van der Waals surface area contributed by atoms with Crippen LogP contribution in [0.15, 0.2) is 22.7 Å². The standard InChI is InChI=1S/C14H14BrClN2O2/c1-8-14(16)11(18(2)17-8)7-12(19)9-4-5-13(20-3)10(15)6-9/h4-6H,7H2,1-3H3. The molecule has 1 heterocycles. The van der Waals surface area contributed by atoms with Crippen LogP contribution in [0.3, 0.4) is 0 Å². The Hall–Kier alpha value is -1.33. The average molecular weight is 358 g/mol. The third-order valence-corrected chi connectivity index (χ3v) is 4.17. The van der Waals surface area contributed by atoms with Crippen molar-refractivity contribution in [1.29, 1.82) is 0 Å². The molecule has 0 amide bonds. The summed E-state index contributed by atoms with van der Waals surface area (Å²) in [7, 11) is 3.37. The normalized spacial score (nSPS) is 10.7. The molecular weight excluding hydrogens is 344 g/mol. The second-order valence-corrected chi connectivity index (χ2v) is 5.65. The first-order chi connectivity index (χ1) is 9.43. The highest BCUT2D eigenvalue weighted by molar-refractivity contribution is 9.10. The number of ketones is 1. The number of carbonyl (C=O) groups is 1. The Morgan fingerprint density at radius 2 is 2.20 bits per heavy atom. The Bertz CT molecular complexity index is 667. The summed E-state index contributed by atoms with van der Waals surface area (Å²) < 4.78 is 7.54. The SMILES string of the molecule is COc1ccc(C(=O)Cc2c(Cl)c(C)nn2C)cc1Br. The molecule has 0 spiro atoms. The number of aromatic nitrogens is 2. The van der Waals surface area contributed by atoms with Crippen LogP contribution in [0.5, 0.6) is 5.75 Å². The largest absolute Gasteiger partial charge is 0.496 e. The van der Waals surface area contributed by atoms with Gasteiger partial charge >= 0.3 is 0 Å². The highest BCUT2D eigenvalue weighted by Crippen LogP contribution is 2.27. The third-order valence-electron chi connectivity index (χ3n) is 3.06. The number of benzene rings is 1. The Balaban J connectivity index is 2.26. The molecule has 0 radical (unpaired) electrons. The summed E-state index contributed by atoms with van der Waals surface area (Å²) in [5.41, 5.74) is 2.06. The number of rotatable bonds is 4. The minimum absolute atomic E-state index is 0.0155. The number of hydrogen-bond acceptors (Lipinski definition) is 3. The van der Waals surface area contributed by atoms with Crippen molar-refractivity contribution in [3.05, 3.63) is 44.6 Å². The van der Waals surface area contributed by atoms with Gasteiger partial charge in [0.05, 0.1) is 34.4 Å². The number of nitrogens with zero attached hydrogens (tertiary/aromatic N) is 2. The number of hydrogen-bond donors (Lipinski definition) is 0. The Kier molecular flexibility index (Phi) is 4.50. The van der Waals surface area contributed by atoms with E-state index in [1.165, 1.54) is 0 Å². The summed E-state index contributed by atoms with van der Waals surface area (Å²) in [6.45, 7) is 1.82.